The monoisotopic (exact) mass is 440 g/mol. The van der Waals surface area contributed by atoms with E-state index in [-0.39, 0.29) is 12.1 Å². The van der Waals surface area contributed by atoms with Gasteiger partial charge >= 0.3 is 6.09 Å². The molecule has 1 atom stereocenters. The largest absolute Gasteiger partial charge is 0.444 e. The zero-order chi connectivity index (χ0) is 19.1. The van der Waals surface area contributed by atoms with Crippen molar-refractivity contribution < 1.29 is 9.53 Å². The lowest BCUT2D eigenvalue weighted by Gasteiger charge is -2.35. The van der Waals surface area contributed by atoms with E-state index in [1.807, 2.05) is 39.8 Å². The molecule has 3 rings (SSSR count). The lowest BCUT2D eigenvalue weighted by molar-refractivity contribution is 0.0194. The highest BCUT2D eigenvalue weighted by Crippen LogP contribution is 2.31. The molecule has 140 valence electrons. The predicted octanol–water partition coefficient (Wildman–Crippen LogP) is 4.24. The van der Waals surface area contributed by atoms with E-state index in [2.05, 4.69) is 31.2 Å². The number of ether oxygens (including phenoxy) is 1. The number of fused-ring (bicyclic) bond motifs is 1. The highest BCUT2D eigenvalue weighted by Gasteiger charge is 2.30. The Hall–Kier alpha value is -1.44. The number of hydrogen-bond donors (Lipinski definition) is 1. The molecule has 1 aliphatic rings. The van der Waals surface area contributed by atoms with Gasteiger partial charge in [-0.2, -0.15) is 0 Å². The summed E-state index contributed by atoms with van der Waals surface area (Å²) in [4.78, 5) is 23.3. The number of aromatic nitrogens is 2. The molecule has 0 bridgehead atoms. The first-order valence-electron chi connectivity index (χ1n) is 8.48. The zero-order valence-electron chi connectivity index (χ0n) is 15.3. The fourth-order valence-electron chi connectivity index (χ4n) is 2.96. The van der Waals surface area contributed by atoms with E-state index in [4.69, 9.17) is 16.3 Å². The predicted molar refractivity (Wildman–Crippen MR) is 106 cm³/mol. The average molecular weight is 442 g/mol. The Balaban J connectivity index is 1.93. The van der Waals surface area contributed by atoms with Crippen molar-refractivity contribution in [3.05, 3.63) is 33.1 Å². The molecule has 0 saturated carbocycles. The van der Waals surface area contributed by atoms with E-state index in [0.29, 0.717) is 30.5 Å². The van der Waals surface area contributed by atoms with E-state index >= 15 is 0 Å². The van der Waals surface area contributed by atoms with E-state index in [9.17, 15) is 4.79 Å². The first kappa shape index (κ1) is 19.3. The van der Waals surface area contributed by atoms with Gasteiger partial charge in [0.05, 0.1) is 22.3 Å². The van der Waals surface area contributed by atoms with Crippen molar-refractivity contribution in [1.29, 1.82) is 0 Å². The summed E-state index contributed by atoms with van der Waals surface area (Å²) < 4.78 is 6.30. The van der Waals surface area contributed by atoms with E-state index in [1.54, 1.807) is 4.90 Å². The number of piperazine rings is 1. The summed E-state index contributed by atoms with van der Waals surface area (Å²) in [7, 11) is 0. The van der Waals surface area contributed by atoms with Crippen LogP contribution in [0.5, 0.6) is 0 Å². The van der Waals surface area contributed by atoms with Gasteiger partial charge in [0.25, 0.3) is 0 Å². The van der Waals surface area contributed by atoms with Crippen LogP contribution in [0.2, 0.25) is 5.02 Å². The molecule has 1 aromatic carbocycles. The average Bonchev–Trinajstić information content (AvgIpc) is 2.54. The van der Waals surface area contributed by atoms with Crippen molar-refractivity contribution in [1.82, 2.24) is 20.2 Å². The molecule has 1 unspecified atom stereocenters. The highest BCUT2D eigenvalue weighted by atomic mass is 79.9. The third-order valence-corrected chi connectivity index (χ3v) is 5.23. The SMILES string of the molecule is Cc1nc(C2CN(C(=O)OC(C)(C)C)CCN2)c2cc(Br)c(Cl)cc2n1. The second-order valence-electron chi connectivity index (χ2n) is 7.37. The number of amides is 1. The van der Waals surface area contributed by atoms with Gasteiger partial charge in [-0.05, 0) is 55.8 Å². The van der Waals surface area contributed by atoms with Gasteiger partial charge in [-0.25, -0.2) is 14.8 Å². The van der Waals surface area contributed by atoms with Gasteiger partial charge in [-0.15, -0.1) is 0 Å². The topological polar surface area (TPSA) is 67.4 Å². The Labute approximate surface area is 166 Å². The minimum absolute atomic E-state index is 0.103. The molecule has 1 amide bonds. The number of rotatable bonds is 1. The lowest BCUT2D eigenvalue weighted by Crippen LogP contribution is -2.50. The standard InChI is InChI=1S/C18H22BrClN4O2/c1-10-22-14-8-13(20)12(19)7-11(14)16(23-10)15-9-24(6-5-21-15)17(25)26-18(2,3)4/h7-8,15,21H,5-6,9H2,1-4H3. The van der Waals surface area contributed by atoms with Crippen molar-refractivity contribution in [3.63, 3.8) is 0 Å². The van der Waals surface area contributed by atoms with Crippen molar-refractivity contribution in [2.75, 3.05) is 19.6 Å². The van der Waals surface area contributed by atoms with Crippen LogP contribution < -0.4 is 5.32 Å². The number of carbonyl (C=O) groups is 1. The maximum atomic E-state index is 12.4. The maximum absolute atomic E-state index is 12.4. The van der Waals surface area contributed by atoms with Gasteiger partial charge in [0.2, 0.25) is 0 Å². The summed E-state index contributed by atoms with van der Waals surface area (Å²) in [6, 6.07) is 3.65. The van der Waals surface area contributed by atoms with Crippen LogP contribution in [0.3, 0.4) is 0 Å². The van der Waals surface area contributed by atoms with Gasteiger partial charge in [0.15, 0.2) is 0 Å². The molecule has 1 aliphatic heterocycles. The Morgan fingerprint density at radius 2 is 2.12 bits per heavy atom. The molecule has 26 heavy (non-hydrogen) atoms. The third kappa shape index (κ3) is 4.27. The number of benzene rings is 1. The van der Waals surface area contributed by atoms with Gasteiger partial charge in [0.1, 0.15) is 11.4 Å². The minimum atomic E-state index is -0.517. The van der Waals surface area contributed by atoms with Gasteiger partial charge < -0.3 is 15.0 Å². The molecular formula is C18H22BrClN4O2. The first-order chi connectivity index (χ1) is 12.1. The zero-order valence-corrected chi connectivity index (χ0v) is 17.6. The van der Waals surface area contributed by atoms with Crippen molar-refractivity contribution in [3.8, 4) is 0 Å². The van der Waals surface area contributed by atoms with Crippen LogP contribution in [0.1, 0.15) is 38.3 Å². The van der Waals surface area contributed by atoms with Gasteiger partial charge in [-0.1, -0.05) is 11.6 Å². The summed E-state index contributed by atoms with van der Waals surface area (Å²) >= 11 is 9.68. The summed E-state index contributed by atoms with van der Waals surface area (Å²) in [6.45, 7) is 9.22. The smallest absolute Gasteiger partial charge is 0.410 e. The third-order valence-electron chi connectivity index (χ3n) is 4.04. The summed E-state index contributed by atoms with van der Waals surface area (Å²) in [5.41, 5.74) is 1.13. The molecule has 6 nitrogen and oxygen atoms in total. The molecule has 0 spiro atoms. The number of hydrogen-bond acceptors (Lipinski definition) is 5. The van der Waals surface area contributed by atoms with Gasteiger partial charge in [0, 0.05) is 29.5 Å². The van der Waals surface area contributed by atoms with Crippen LogP contribution in [0, 0.1) is 6.92 Å². The minimum Gasteiger partial charge on any atom is -0.444 e. The molecule has 1 N–H and O–H groups in total. The van der Waals surface area contributed by atoms with Crippen LogP contribution in [-0.4, -0.2) is 46.2 Å². The van der Waals surface area contributed by atoms with Crippen molar-refractivity contribution in [2.45, 2.75) is 39.3 Å². The van der Waals surface area contributed by atoms with Crippen LogP contribution in [0.15, 0.2) is 16.6 Å². The van der Waals surface area contributed by atoms with Crippen molar-refractivity contribution >= 4 is 44.5 Å². The number of aryl methyl sites for hydroxylation is 1. The quantitative estimate of drug-likeness (QED) is 0.717. The molecule has 1 aromatic heterocycles. The lowest BCUT2D eigenvalue weighted by atomic mass is 10.1. The highest BCUT2D eigenvalue weighted by molar-refractivity contribution is 9.10. The molecule has 8 heteroatoms. The van der Waals surface area contributed by atoms with Crippen LogP contribution in [0.25, 0.3) is 10.9 Å². The van der Waals surface area contributed by atoms with Gasteiger partial charge in [-0.3, -0.25) is 0 Å². The first-order valence-corrected chi connectivity index (χ1v) is 9.66. The normalized spacial score (nSPS) is 18.2. The van der Waals surface area contributed by atoms with Crippen LogP contribution in [-0.2, 0) is 4.74 Å². The van der Waals surface area contributed by atoms with Crippen LogP contribution in [0.4, 0.5) is 4.79 Å². The van der Waals surface area contributed by atoms with Crippen LogP contribution >= 0.6 is 27.5 Å². The fraction of sp³-hybridized carbons (Fsp3) is 0.500. The Morgan fingerprint density at radius 1 is 1.38 bits per heavy atom. The molecule has 2 aromatic rings. The molecule has 1 saturated heterocycles. The Bertz CT molecular complexity index is 853. The second-order valence-corrected chi connectivity index (χ2v) is 8.63. The second kappa shape index (κ2) is 7.29. The Kier molecular flexibility index (Phi) is 5.42. The molecule has 2 heterocycles. The number of nitrogens with zero attached hydrogens (tertiary/aromatic N) is 3. The number of halogens is 2. The molecular weight excluding hydrogens is 420 g/mol. The van der Waals surface area contributed by atoms with E-state index in [1.165, 1.54) is 0 Å². The fourth-order valence-corrected chi connectivity index (χ4v) is 3.46. The molecule has 0 aliphatic carbocycles. The Morgan fingerprint density at radius 3 is 2.81 bits per heavy atom. The van der Waals surface area contributed by atoms with E-state index in [0.717, 1.165) is 21.1 Å². The summed E-state index contributed by atoms with van der Waals surface area (Å²) in [6.07, 6.45) is -0.302. The van der Waals surface area contributed by atoms with E-state index < -0.39 is 5.60 Å². The number of carbonyl (C=O) groups excluding carboxylic acids is 1. The summed E-state index contributed by atoms with van der Waals surface area (Å²) in [5.74, 6) is 0.669. The number of nitrogens with one attached hydrogen (secondary N) is 1. The maximum Gasteiger partial charge on any atom is 0.410 e. The van der Waals surface area contributed by atoms with Crippen molar-refractivity contribution in [2.24, 2.45) is 0 Å². The molecule has 0 radical (unpaired) electrons. The molecule has 1 fully saturated rings. The summed E-state index contributed by atoms with van der Waals surface area (Å²) in [5, 5.41) is 4.97.